The van der Waals surface area contributed by atoms with Crippen LogP contribution in [0.5, 0.6) is 0 Å². The van der Waals surface area contributed by atoms with Gasteiger partial charge in [0.15, 0.2) is 0 Å². The van der Waals surface area contributed by atoms with Crippen molar-refractivity contribution in [1.82, 2.24) is 20.2 Å². The summed E-state index contributed by atoms with van der Waals surface area (Å²) in [4.78, 5) is 10.9. The molecule has 0 aliphatic carbocycles. The normalized spacial score (nSPS) is 17.0. The van der Waals surface area contributed by atoms with Crippen LogP contribution in [0.3, 0.4) is 0 Å². The average Bonchev–Trinajstić information content (AvgIpc) is 2.40. The van der Waals surface area contributed by atoms with Gasteiger partial charge in [-0.05, 0) is 6.42 Å². The molecule has 0 saturated carbocycles. The molecule has 1 fully saturated rings. The molecule has 0 amide bonds. The highest BCUT2D eigenvalue weighted by atomic mass is 15.2. The van der Waals surface area contributed by atoms with Gasteiger partial charge in [0.1, 0.15) is 12.1 Å². The van der Waals surface area contributed by atoms with Crippen LogP contribution < -0.4 is 10.6 Å². The monoisotopic (exact) mass is 235 g/mol. The second-order valence-corrected chi connectivity index (χ2v) is 4.27. The van der Waals surface area contributed by atoms with Crippen molar-refractivity contribution in [3.05, 3.63) is 18.1 Å². The highest BCUT2D eigenvalue weighted by Crippen LogP contribution is 2.04. The van der Waals surface area contributed by atoms with Crippen LogP contribution in [0.4, 0.5) is 5.82 Å². The Morgan fingerprint density at radius 1 is 1.35 bits per heavy atom. The molecule has 2 heterocycles. The van der Waals surface area contributed by atoms with Crippen LogP contribution in [0.2, 0.25) is 0 Å². The van der Waals surface area contributed by atoms with Gasteiger partial charge in [0.2, 0.25) is 0 Å². The van der Waals surface area contributed by atoms with E-state index in [1.54, 1.807) is 6.33 Å². The molecule has 5 heteroatoms. The molecule has 0 aromatic carbocycles. The van der Waals surface area contributed by atoms with Gasteiger partial charge in [-0.25, -0.2) is 9.97 Å². The Morgan fingerprint density at radius 3 is 2.94 bits per heavy atom. The van der Waals surface area contributed by atoms with Crippen LogP contribution in [0.25, 0.3) is 0 Å². The topological polar surface area (TPSA) is 53.1 Å². The van der Waals surface area contributed by atoms with Gasteiger partial charge >= 0.3 is 0 Å². The van der Waals surface area contributed by atoms with Gasteiger partial charge in [-0.15, -0.1) is 0 Å². The molecule has 94 valence electrons. The molecule has 5 nitrogen and oxygen atoms in total. The lowest BCUT2D eigenvalue weighted by molar-refractivity contribution is 0.249. The van der Waals surface area contributed by atoms with Gasteiger partial charge in [0, 0.05) is 51.0 Å². The number of nitrogens with zero attached hydrogens (tertiary/aromatic N) is 3. The van der Waals surface area contributed by atoms with Crippen molar-refractivity contribution in [2.45, 2.75) is 13.3 Å². The summed E-state index contributed by atoms with van der Waals surface area (Å²) < 4.78 is 0. The van der Waals surface area contributed by atoms with Crippen molar-refractivity contribution in [2.24, 2.45) is 0 Å². The van der Waals surface area contributed by atoms with E-state index in [-0.39, 0.29) is 0 Å². The van der Waals surface area contributed by atoms with E-state index in [0.29, 0.717) is 0 Å². The van der Waals surface area contributed by atoms with Crippen LogP contribution in [-0.4, -0.2) is 54.1 Å². The highest BCUT2D eigenvalue weighted by molar-refractivity contribution is 5.34. The number of nitrogens with one attached hydrogen (secondary N) is 2. The Labute approximate surface area is 103 Å². The smallest absolute Gasteiger partial charge is 0.129 e. The molecule has 0 radical (unpaired) electrons. The van der Waals surface area contributed by atoms with Gasteiger partial charge in [-0.2, -0.15) is 0 Å². The van der Waals surface area contributed by atoms with Crippen molar-refractivity contribution in [1.29, 1.82) is 0 Å². The molecule has 1 saturated heterocycles. The average molecular weight is 235 g/mol. The van der Waals surface area contributed by atoms with E-state index in [1.807, 2.05) is 6.07 Å². The second kappa shape index (κ2) is 6.51. The van der Waals surface area contributed by atoms with E-state index < -0.39 is 0 Å². The fourth-order valence-corrected chi connectivity index (χ4v) is 1.96. The third kappa shape index (κ3) is 3.94. The fourth-order valence-electron chi connectivity index (χ4n) is 1.96. The number of rotatable bonds is 5. The first-order valence-electron chi connectivity index (χ1n) is 6.36. The van der Waals surface area contributed by atoms with Crippen LogP contribution in [0.15, 0.2) is 12.4 Å². The summed E-state index contributed by atoms with van der Waals surface area (Å²) in [7, 11) is 0. The zero-order chi connectivity index (χ0) is 11.9. The summed E-state index contributed by atoms with van der Waals surface area (Å²) in [6.45, 7) is 8.62. The maximum Gasteiger partial charge on any atom is 0.129 e. The minimum Gasteiger partial charge on any atom is -0.369 e. The number of aryl methyl sites for hydroxylation is 1. The highest BCUT2D eigenvalue weighted by Gasteiger charge is 2.08. The van der Waals surface area contributed by atoms with Gasteiger partial charge in [-0.1, -0.05) is 6.92 Å². The third-order valence-corrected chi connectivity index (χ3v) is 3.03. The standard InChI is InChI=1S/C12H21N5/c1-2-11-9-12(16-10-15-11)14-5-8-17-6-3-13-4-7-17/h9-10,13H,2-8H2,1H3,(H,14,15,16). The van der Waals surface area contributed by atoms with Crippen molar-refractivity contribution >= 4 is 5.82 Å². The predicted octanol–water partition coefficient (Wildman–Crippen LogP) is 0.356. The van der Waals surface area contributed by atoms with Gasteiger partial charge in [0.25, 0.3) is 0 Å². The minimum atomic E-state index is 0.937. The van der Waals surface area contributed by atoms with Crippen LogP contribution in [0.1, 0.15) is 12.6 Å². The van der Waals surface area contributed by atoms with Gasteiger partial charge < -0.3 is 10.6 Å². The van der Waals surface area contributed by atoms with E-state index in [2.05, 4.69) is 32.4 Å². The van der Waals surface area contributed by atoms with E-state index in [4.69, 9.17) is 0 Å². The van der Waals surface area contributed by atoms with Crippen molar-refractivity contribution in [2.75, 3.05) is 44.6 Å². The number of piperazine rings is 1. The van der Waals surface area contributed by atoms with Crippen molar-refractivity contribution < 1.29 is 0 Å². The van der Waals surface area contributed by atoms with Crippen LogP contribution >= 0.6 is 0 Å². The minimum absolute atomic E-state index is 0.937. The first kappa shape index (κ1) is 12.3. The molecule has 0 unspecified atom stereocenters. The Hall–Kier alpha value is -1.20. The first-order chi connectivity index (χ1) is 8.38. The Morgan fingerprint density at radius 2 is 2.18 bits per heavy atom. The van der Waals surface area contributed by atoms with Crippen molar-refractivity contribution in [3.63, 3.8) is 0 Å². The van der Waals surface area contributed by atoms with Crippen LogP contribution in [-0.2, 0) is 6.42 Å². The van der Waals surface area contributed by atoms with Gasteiger partial charge in [0.05, 0.1) is 0 Å². The molecule has 2 N–H and O–H groups in total. The molecule has 1 aromatic rings. The molecule has 0 bridgehead atoms. The van der Waals surface area contributed by atoms with Crippen LogP contribution in [0, 0.1) is 0 Å². The Balaban J connectivity index is 1.73. The van der Waals surface area contributed by atoms with E-state index in [1.165, 1.54) is 0 Å². The first-order valence-corrected chi connectivity index (χ1v) is 6.36. The molecular weight excluding hydrogens is 214 g/mol. The molecule has 1 aliphatic heterocycles. The maximum atomic E-state index is 4.22. The number of anilines is 1. The van der Waals surface area contributed by atoms with E-state index >= 15 is 0 Å². The molecular formula is C12H21N5. The number of hydrogen-bond donors (Lipinski definition) is 2. The third-order valence-electron chi connectivity index (χ3n) is 3.03. The molecule has 0 atom stereocenters. The van der Waals surface area contributed by atoms with E-state index in [9.17, 15) is 0 Å². The predicted molar refractivity (Wildman–Crippen MR) is 69.2 cm³/mol. The molecule has 2 rings (SSSR count). The Bertz CT molecular complexity index is 335. The molecule has 1 aromatic heterocycles. The van der Waals surface area contributed by atoms with Gasteiger partial charge in [-0.3, -0.25) is 4.90 Å². The summed E-state index contributed by atoms with van der Waals surface area (Å²) in [6, 6.07) is 2.03. The zero-order valence-electron chi connectivity index (χ0n) is 10.4. The van der Waals surface area contributed by atoms with Crippen molar-refractivity contribution in [3.8, 4) is 0 Å². The maximum absolute atomic E-state index is 4.22. The number of aromatic nitrogens is 2. The summed E-state index contributed by atoms with van der Waals surface area (Å²) in [5, 5.41) is 6.71. The number of hydrogen-bond acceptors (Lipinski definition) is 5. The second-order valence-electron chi connectivity index (χ2n) is 4.27. The lowest BCUT2D eigenvalue weighted by Crippen LogP contribution is -2.45. The zero-order valence-corrected chi connectivity index (χ0v) is 10.4. The molecule has 17 heavy (non-hydrogen) atoms. The SMILES string of the molecule is CCc1cc(NCCN2CCNCC2)ncn1. The summed E-state index contributed by atoms with van der Waals surface area (Å²) >= 11 is 0. The summed E-state index contributed by atoms with van der Waals surface area (Å²) in [6.07, 6.45) is 2.58. The molecule has 0 spiro atoms. The lowest BCUT2D eigenvalue weighted by Gasteiger charge is -2.27. The van der Waals surface area contributed by atoms with E-state index in [0.717, 1.165) is 57.2 Å². The quantitative estimate of drug-likeness (QED) is 0.771. The lowest BCUT2D eigenvalue weighted by atomic mass is 10.3. The summed E-state index contributed by atoms with van der Waals surface area (Å²) in [5.74, 6) is 0.937. The fraction of sp³-hybridized carbons (Fsp3) is 0.667. The summed E-state index contributed by atoms with van der Waals surface area (Å²) in [5.41, 5.74) is 1.09. The Kier molecular flexibility index (Phi) is 4.70. The molecule has 1 aliphatic rings. The largest absolute Gasteiger partial charge is 0.369 e.